The van der Waals surface area contributed by atoms with E-state index in [9.17, 15) is 0 Å². The van der Waals surface area contributed by atoms with Crippen LogP contribution in [0.2, 0.25) is 0 Å². The lowest BCUT2D eigenvalue weighted by molar-refractivity contribution is 0.396. The number of nitrogens with zero attached hydrogens (tertiary/aromatic N) is 3. The molecule has 1 aliphatic heterocycles. The number of nitrogens with one attached hydrogen (secondary N) is 1. The summed E-state index contributed by atoms with van der Waals surface area (Å²) in [5, 5.41) is 8.50. The van der Waals surface area contributed by atoms with Gasteiger partial charge in [-0.25, -0.2) is 0 Å². The van der Waals surface area contributed by atoms with Gasteiger partial charge in [0.15, 0.2) is 5.11 Å². The number of benzene rings is 3. The standard InChI is InChI=1S/C29H28N4O2S/c1-19-9-7-13-23(17-19)27-31-28(35-32-27)25-20(2)33(16-15-21-10-5-4-6-11-21)29(36)30-26(25)22-12-8-14-24(18-22)34-3/h4-14,17-18,26H,15-16H2,1-3H3,(H,30,36). The molecule has 0 amide bonds. The van der Waals surface area contributed by atoms with Crippen LogP contribution < -0.4 is 10.1 Å². The van der Waals surface area contributed by atoms with Gasteiger partial charge in [-0.05, 0) is 61.8 Å². The number of thiocarbonyl (C=S) groups is 1. The molecular weight excluding hydrogens is 468 g/mol. The van der Waals surface area contributed by atoms with Crippen molar-refractivity contribution in [2.24, 2.45) is 0 Å². The second kappa shape index (κ2) is 10.3. The molecule has 2 heterocycles. The third-order valence-corrected chi connectivity index (χ3v) is 6.76. The number of ether oxygens (including phenoxy) is 1. The molecule has 36 heavy (non-hydrogen) atoms. The lowest BCUT2D eigenvalue weighted by Crippen LogP contribution is -2.46. The minimum absolute atomic E-state index is 0.258. The van der Waals surface area contributed by atoms with Gasteiger partial charge in [0.05, 0.1) is 18.7 Å². The molecule has 1 unspecified atom stereocenters. The monoisotopic (exact) mass is 496 g/mol. The SMILES string of the molecule is COc1cccc(C2NC(=S)N(CCc3ccccc3)C(C)=C2c2nc(-c3cccc(C)c3)no2)c1. The van der Waals surface area contributed by atoms with E-state index >= 15 is 0 Å². The highest BCUT2D eigenvalue weighted by molar-refractivity contribution is 7.80. The van der Waals surface area contributed by atoms with Crippen LogP contribution >= 0.6 is 12.2 Å². The minimum Gasteiger partial charge on any atom is -0.497 e. The van der Waals surface area contributed by atoms with Crippen LogP contribution in [0.15, 0.2) is 89.1 Å². The second-order valence-corrected chi connectivity index (χ2v) is 9.22. The average molecular weight is 497 g/mol. The Bertz CT molecular complexity index is 1410. The first-order valence-electron chi connectivity index (χ1n) is 11.9. The van der Waals surface area contributed by atoms with E-state index in [1.807, 2.05) is 55.5 Å². The summed E-state index contributed by atoms with van der Waals surface area (Å²) >= 11 is 5.84. The first kappa shape index (κ1) is 23.8. The third kappa shape index (κ3) is 4.88. The van der Waals surface area contributed by atoms with Crippen molar-refractivity contribution in [1.82, 2.24) is 20.4 Å². The highest BCUT2D eigenvalue weighted by Crippen LogP contribution is 2.38. The summed E-state index contributed by atoms with van der Waals surface area (Å²) in [5.74, 6) is 1.80. The number of hydrogen-bond acceptors (Lipinski definition) is 5. The molecule has 0 spiro atoms. The minimum atomic E-state index is -0.258. The molecule has 1 aromatic heterocycles. The Hall–Kier alpha value is -3.97. The number of hydrogen-bond donors (Lipinski definition) is 1. The molecule has 182 valence electrons. The van der Waals surface area contributed by atoms with Crippen molar-refractivity contribution in [3.63, 3.8) is 0 Å². The topological polar surface area (TPSA) is 63.4 Å². The summed E-state index contributed by atoms with van der Waals surface area (Å²) < 4.78 is 11.3. The molecule has 0 saturated carbocycles. The van der Waals surface area contributed by atoms with E-state index in [2.05, 4.69) is 52.6 Å². The van der Waals surface area contributed by atoms with E-state index < -0.39 is 0 Å². The molecule has 0 aliphatic carbocycles. The Kier molecular flexibility index (Phi) is 6.82. The van der Waals surface area contributed by atoms with Gasteiger partial charge in [-0.2, -0.15) is 4.98 Å². The number of methoxy groups -OCH3 is 1. The first-order valence-corrected chi connectivity index (χ1v) is 12.3. The van der Waals surface area contributed by atoms with Crippen LogP contribution in [0.4, 0.5) is 0 Å². The van der Waals surface area contributed by atoms with Crippen LogP contribution in [-0.4, -0.2) is 33.8 Å². The van der Waals surface area contributed by atoms with Gasteiger partial charge in [0.25, 0.3) is 5.89 Å². The third-order valence-electron chi connectivity index (χ3n) is 6.42. The van der Waals surface area contributed by atoms with E-state index in [0.29, 0.717) is 16.8 Å². The van der Waals surface area contributed by atoms with Crippen LogP contribution in [0.3, 0.4) is 0 Å². The molecule has 0 bridgehead atoms. The zero-order valence-corrected chi connectivity index (χ0v) is 21.4. The van der Waals surface area contributed by atoms with Crippen molar-refractivity contribution in [2.45, 2.75) is 26.3 Å². The molecule has 4 aromatic rings. The molecule has 1 N–H and O–H groups in total. The summed E-state index contributed by atoms with van der Waals surface area (Å²) in [6, 6.07) is 26.2. The van der Waals surface area contributed by atoms with Gasteiger partial charge >= 0.3 is 0 Å². The quantitative estimate of drug-likeness (QED) is 0.317. The predicted molar refractivity (Wildman–Crippen MR) is 145 cm³/mol. The van der Waals surface area contributed by atoms with Crippen LogP contribution in [0.1, 0.15) is 35.5 Å². The predicted octanol–water partition coefficient (Wildman–Crippen LogP) is 5.96. The smallest absolute Gasteiger partial charge is 0.258 e. The molecule has 6 nitrogen and oxygen atoms in total. The molecule has 5 rings (SSSR count). The molecule has 0 saturated heterocycles. The Morgan fingerprint density at radius 2 is 1.81 bits per heavy atom. The Labute approximate surface area is 216 Å². The first-order chi connectivity index (χ1) is 17.5. The second-order valence-electron chi connectivity index (χ2n) is 8.84. The van der Waals surface area contributed by atoms with Crippen LogP contribution in [0.25, 0.3) is 17.0 Å². The fourth-order valence-electron chi connectivity index (χ4n) is 4.52. The zero-order valence-electron chi connectivity index (χ0n) is 20.6. The summed E-state index contributed by atoms with van der Waals surface area (Å²) in [6.07, 6.45) is 0.857. The van der Waals surface area contributed by atoms with E-state index in [1.165, 1.54) is 5.56 Å². The lowest BCUT2D eigenvalue weighted by Gasteiger charge is -2.37. The summed E-state index contributed by atoms with van der Waals surface area (Å²) in [6.45, 7) is 4.85. The highest BCUT2D eigenvalue weighted by Gasteiger charge is 2.34. The number of aromatic nitrogens is 2. The van der Waals surface area contributed by atoms with Crippen LogP contribution in [0, 0.1) is 6.92 Å². The summed E-state index contributed by atoms with van der Waals surface area (Å²) in [5.41, 5.74) is 6.20. The fourth-order valence-corrected chi connectivity index (χ4v) is 4.86. The maximum atomic E-state index is 5.86. The summed E-state index contributed by atoms with van der Waals surface area (Å²) in [4.78, 5) is 6.93. The largest absolute Gasteiger partial charge is 0.497 e. The molecule has 0 radical (unpaired) electrons. The Morgan fingerprint density at radius 3 is 2.58 bits per heavy atom. The molecule has 7 heteroatoms. The van der Waals surface area contributed by atoms with E-state index in [0.717, 1.165) is 46.7 Å². The van der Waals surface area contributed by atoms with Gasteiger partial charge in [-0.3, -0.25) is 0 Å². The molecule has 3 aromatic carbocycles. The van der Waals surface area contributed by atoms with Gasteiger partial charge < -0.3 is 19.5 Å². The number of rotatable bonds is 7. The van der Waals surface area contributed by atoms with E-state index in [1.54, 1.807) is 7.11 Å². The average Bonchev–Trinajstić information content (AvgIpc) is 3.39. The number of aryl methyl sites for hydroxylation is 1. The Morgan fingerprint density at radius 1 is 1.00 bits per heavy atom. The van der Waals surface area contributed by atoms with Crippen molar-refractivity contribution in [2.75, 3.05) is 13.7 Å². The van der Waals surface area contributed by atoms with E-state index in [4.69, 9.17) is 26.5 Å². The Balaban J connectivity index is 1.56. The fraction of sp³-hybridized carbons (Fsp3) is 0.207. The van der Waals surface area contributed by atoms with Crippen molar-refractivity contribution in [1.29, 1.82) is 0 Å². The van der Waals surface area contributed by atoms with Crippen LogP contribution in [0.5, 0.6) is 5.75 Å². The lowest BCUT2D eigenvalue weighted by atomic mass is 9.94. The van der Waals surface area contributed by atoms with Crippen molar-refractivity contribution < 1.29 is 9.26 Å². The van der Waals surface area contributed by atoms with Gasteiger partial charge in [0, 0.05) is 17.8 Å². The maximum absolute atomic E-state index is 5.86. The number of allylic oxidation sites excluding steroid dienone is 1. The molecular formula is C29H28N4O2S. The van der Waals surface area contributed by atoms with Gasteiger partial charge in [-0.1, -0.05) is 71.4 Å². The van der Waals surface area contributed by atoms with Crippen molar-refractivity contribution in [3.8, 4) is 17.1 Å². The van der Waals surface area contributed by atoms with Crippen LogP contribution in [-0.2, 0) is 6.42 Å². The zero-order chi connectivity index (χ0) is 25.1. The molecule has 1 aliphatic rings. The van der Waals surface area contributed by atoms with Crippen molar-refractivity contribution >= 4 is 22.9 Å². The highest BCUT2D eigenvalue weighted by atomic mass is 32.1. The molecule has 0 fully saturated rings. The van der Waals surface area contributed by atoms with Gasteiger partial charge in [0.1, 0.15) is 5.75 Å². The summed E-state index contributed by atoms with van der Waals surface area (Å²) in [7, 11) is 1.66. The maximum Gasteiger partial charge on any atom is 0.258 e. The molecule has 1 atom stereocenters. The van der Waals surface area contributed by atoms with Gasteiger partial charge in [-0.15, -0.1) is 0 Å². The van der Waals surface area contributed by atoms with Gasteiger partial charge in [0.2, 0.25) is 5.82 Å². The van der Waals surface area contributed by atoms with E-state index in [-0.39, 0.29) is 6.04 Å². The van der Waals surface area contributed by atoms with Crippen molar-refractivity contribution in [3.05, 3.63) is 107 Å². The normalized spacial score (nSPS) is 15.7.